The highest BCUT2D eigenvalue weighted by molar-refractivity contribution is 8.00. The number of aryl methyl sites for hydroxylation is 1. The van der Waals surface area contributed by atoms with E-state index in [0.717, 1.165) is 16.9 Å². The van der Waals surface area contributed by atoms with Crippen LogP contribution in [-0.2, 0) is 16.1 Å². The third-order valence-electron chi connectivity index (χ3n) is 4.30. The van der Waals surface area contributed by atoms with E-state index in [9.17, 15) is 9.59 Å². The third-order valence-corrected chi connectivity index (χ3v) is 5.29. The standard InChI is InChI=1S/C22H28N2O2S/c1-4-14-23-22(26)18(3)24(15-19-8-6-5-7-9-19)21(25)16-27-20-12-10-17(2)11-13-20/h5-13,18H,4,14-16H2,1-3H3,(H,23,26)/t18-/m1/s1. The van der Waals surface area contributed by atoms with Gasteiger partial charge < -0.3 is 10.2 Å². The van der Waals surface area contributed by atoms with Gasteiger partial charge in [0.2, 0.25) is 11.8 Å². The molecule has 4 nitrogen and oxygen atoms in total. The van der Waals surface area contributed by atoms with Gasteiger partial charge in [0.1, 0.15) is 6.04 Å². The Hall–Kier alpha value is -2.27. The van der Waals surface area contributed by atoms with Crippen LogP contribution < -0.4 is 5.32 Å². The molecule has 0 fully saturated rings. The number of benzene rings is 2. The molecule has 2 rings (SSSR count). The molecular weight excluding hydrogens is 356 g/mol. The molecule has 0 radical (unpaired) electrons. The normalized spacial score (nSPS) is 11.7. The fraction of sp³-hybridized carbons (Fsp3) is 0.364. The molecule has 0 heterocycles. The van der Waals surface area contributed by atoms with E-state index in [0.29, 0.717) is 18.8 Å². The van der Waals surface area contributed by atoms with Crippen molar-refractivity contribution in [3.8, 4) is 0 Å². The van der Waals surface area contributed by atoms with Crippen LogP contribution in [-0.4, -0.2) is 35.1 Å². The number of carbonyl (C=O) groups excluding carboxylic acids is 2. The molecule has 0 bridgehead atoms. The summed E-state index contributed by atoms with van der Waals surface area (Å²) in [6.07, 6.45) is 0.869. The Kier molecular flexibility index (Phi) is 8.40. The number of nitrogens with zero attached hydrogens (tertiary/aromatic N) is 1. The number of nitrogens with one attached hydrogen (secondary N) is 1. The van der Waals surface area contributed by atoms with Crippen molar-refractivity contribution in [2.45, 2.75) is 44.7 Å². The Labute approximate surface area is 166 Å². The van der Waals surface area contributed by atoms with Gasteiger partial charge in [0.05, 0.1) is 5.75 Å². The Morgan fingerprint density at radius 2 is 1.74 bits per heavy atom. The van der Waals surface area contributed by atoms with Crippen molar-refractivity contribution in [1.82, 2.24) is 10.2 Å². The smallest absolute Gasteiger partial charge is 0.242 e. The Morgan fingerprint density at radius 1 is 1.07 bits per heavy atom. The van der Waals surface area contributed by atoms with Crippen molar-refractivity contribution in [3.05, 3.63) is 65.7 Å². The highest BCUT2D eigenvalue weighted by atomic mass is 32.2. The average molecular weight is 385 g/mol. The third kappa shape index (κ3) is 6.75. The van der Waals surface area contributed by atoms with Crippen LogP contribution in [0.4, 0.5) is 0 Å². The minimum Gasteiger partial charge on any atom is -0.354 e. The van der Waals surface area contributed by atoms with Gasteiger partial charge >= 0.3 is 0 Å². The first-order chi connectivity index (χ1) is 13.0. The van der Waals surface area contributed by atoms with Gasteiger partial charge in [0.25, 0.3) is 0 Å². The monoisotopic (exact) mass is 384 g/mol. The summed E-state index contributed by atoms with van der Waals surface area (Å²) < 4.78 is 0. The molecular formula is C22H28N2O2S. The van der Waals surface area contributed by atoms with Gasteiger partial charge in [-0.3, -0.25) is 9.59 Å². The van der Waals surface area contributed by atoms with E-state index in [-0.39, 0.29) is 11.8 Å². The van der Waals surface area contributed by atoms with Crippen molar-refractivity contribution < 1.29 is 9.59 Å². The Bertz CT molecular complexity index is 732. The minimum absolute atomic E-state index is 0.0384. The second kappa shape index (κ2) is 10.8. The topological polar surface area (TPSA) is 49.4 Å². The van der Waals surface area contributed by atoms with Crippen LogP contribution in [0.1, 0.15) is 31.4 Å². The van der Waals surface area contributed by atoms with Gasteiger partial charge in [0, 0.05) is 18.0 Å². The van der Waals surface area contributed by atoms with Crippen molar-refractivity contribution in [2.24, 2.45) is 0 Å². The second-order valence-electron chi connectivity index (χ2n) is 6.58. The predicted molar refractivity (Wildman–Crippen MR) is 112 cm³/mol. The van der Waals surface area contributed by atoms with E-state index < -0.39 is 6.04 Å². The van der Waals surface area contributed by atoms with Crippen molar-refractivity contribution in [2.75, 3.05) is 12.3 Å². The van der Waals surface area contributed by atoms with E-state index >= 15 is 0 Å². The van der Waals surface area contributed by atoms with Crippen molar-refractivity contribution in [1.29, 1.82) is 0 Å². The number of amides is 2. The van der Waals surface area contributed by atoms with Gasteiger partial charge in [-0.2, -0.15) is 0 Å². The fourth-order valence-electron chi connectivity index (χ4n) is 2.62. The summed E-state index contributed by atoms with van der Waals surface area (Å²) in [5.41, 5.74) is 2.21. The summed E-state index contributed by atoms with van der Waals surface area (Å²) in [5.74, 6) is 0.159. The fourth-order valence-corrected chi connectivity index (χ4v) is 3.41. The Morgan fingerprint density at radius 3 is 2.37 bits per heavy atom. The Balaban J connectivity index is 2.08. The number of thioether (sulfide) groups is 1. The second-order valence-corrected chi connectivity index (χ2v) is 7.62. The summed E-state index contributed by atoms with van der Waals surface area (Å²) in [7, 11) is 0. The van der Waals surface area contributed by atoms with Gasteiger partial charge in [-0.05, 0) is 38.0 Å². The van der Waals surface area contributed by atoms with Gasteiger partial charge in [0.15, 0.2) is 0 Å². The van der Waals surface area contributed by atoms with E-state index in [1.165, 1.54) is 17.3 Å². The first-order valence-electron chi connectivity index (χ1n) is 9.31. The lowest BCUT2D eigenvalue weighted by Gasteiger charge is -2.28. The van der Waals surface area contributed by atoms with E-state index in [1.807, 2.05) is 68.4 Å². The lowest BCUT2D eigenvalue weighted by atomic mass is 10.1. The summed E-state index contributed by atoms with van der Waals surface area (Å²) in [6, 6.07) is 17.4. The molecule has 5 heteroatoms. The number of carbonyl (C=O) groups is 2. The first-order valence-corrected chi connectivity index (χ1v) is 10.3. The molecule has 2 aromatic carbocycles. The van der Waals surface area contributed by atoms with E-state index in [1.54, 1.807) is 11.8 Å². The molecule has 0 aliphatic rings. The zero-order chi connectivity index (χ0) is 19.6. The van der Waals surface area contributed by atoms with Crippen LogP contribution in [0.2, 0.25) is 0 Å². The first kappa shape index (κ1) is 21.0. The van der Waals surface area contributed by atoms with Gasteiger partial charge in [-0.25, -0.2) is 0 Å². The molecule has 0 saturated heterocycles. The average Bonchev–Trinajstić information content (AvgIpc) is 2.69. The summed E-state index contributed by atoms with van der Waals surface area (Å²) in [4.78, 5) is 28.1. The van der Waals surface area contributed by atoms with Gasteiger partial charge in [-0.15, -0.1) is 11.8 Å². The summed E-state index contributed by atoms with van der Waals surface area (Å²) >= 11 is 1.50. The lowest BCUT2D eigenvalue weighted by Crippen LogP contribution is -2.48. The van der Waals surface area contributed by atoms with Crippen molar-refractivity contribution in [3.63, 3.8) is 0 Å². The number of rotatable bonds is 9. The van der Waals surface area contributed by atoms with Crippen LogP contribution in [0.3, 0.4) is 0 Å². The molecule has 0 aromatic heterocycles. The van der Waals surface area contributed by atoms with Crippen LogP contribution in [0, 0.1) is 6.92 Å². The maximum atomic E-state index is 12.9. The highest BCUT2D eigenvalue weighted by Gasteiger charge is 2.25. The molecule has 2 aromatic rings. The molecule has 1 N–H and O–H groups in total. The molecule has 27 heavy (non-hydrogen) atoms. The minimum atomic E-state index is -0.511. The molecule has 144 valence electrons. The van der Waals surface area contributed by atoms with Crippen LogP contribution in [0.25, 0.3) is 0 Å². The largest absolute Gasteiger partial charge is 0.354 e. The molecule has 0 aliphatic carbocycles. The molecule has 1 atom stereocenters. The maximum Gasteiger partial charge on any atom is 0.242 e. The molecule has 0 unspecified atom stereocenters. The lowest BCUT2D eigenvalue weighted by molar-refractivity contribution is -0.138. The van der Waals surface area contributed by atoms with Gasteiger partial charge in [-0.1, -0.05) is 55.0 Å². The van der Waals surface area contributed by atoms with E-state index in [2.05, 4.69) is 5.32 Å². The van der Waals surface area contributed by atoms with E-state index in [4.69, 9.17) is 0 Å². The molecule has 0 aliphatic heterocycles. The maximum absolute atomic E-state index is 12.9. The van der Waals surface area contributed by atoms with Crippen LogP contribution in [0.15, 0.2) is 59.5 Å². The van der Waals surface area contributed by atoms with Crippen LogP contribution >= 0.6 is 11.8 Å². The van der Waals surface area contributed by atoms with Crippen molar-refractivity contribution >= 4 is 23.6 Å². The summed E-state index contributed by atoms with van der Waals surface area (Å²) in [6.45, 7) is 6.89. The molecule has 0 saturated carbocycles. The SMILES string of the molecule is CCCNC(=O)[C@@H](C)N(Cc1ccccc1)C(=O)CSc1ccc(C)cc1. The quantitative estimate of drug-likeness (QED) is 0.664. The number of hydrogen-bond donors (Lipinski definition) is 1. The summed E-state index contributed by atoms with van der Waals surface area (Å²) in [5, 5.41) is 2.89. The highest BCUT2D eigenvalue weighted by Crippen LogP contribution is 2.20. The van der Waals surface area contributed by atoms with Crippen LogP contribution in [0.5, 0.6) is 0 Å². The zero-order valence-electron chi connectivity index (χ0n) is 16.3. The number of hydrogen-bond acceptors (Lipinski definition) is 3. The molecule has 2 amide bonds. The predicted octanol–water partition coefficient (Wildman–Crippen LogP) is 4.03. The molecule has 0 spiro atoms. The zero-order valence-corrected chi connectivity index (χ0v) is 17.1.